The fourth-order valence-corrected chi connectivity index (χ4v) is 3.70. The Hall–Kier alpha value is -2.54. The van der Waals surface area contributed by atoms with Gasteiger partial charge < -0.3 is 19.7 Å². The minimum atomic E-state index is -0.649. The zero-order valence-electron chi connectivity index (χ0n) is 20.4. The van der Waals surface area contributed by atoms with Crippen LogP contribution in [-0.4, -0.2) is 42.5 Å². The van der Waals surface area contributed by atoms with Crippen molar-refractivity contribution < 1.29 is 19.1 Å². The van der Waals surface area contributed by atoms with Gasteiger partial charge in [-0.1, -0.05) is 39.0 Å². The number of amides is 2. The highest BCUT2D eigenvalue weighted by Gasteiger charge is 2.27. The number of benzene rings is 2. The Morgan fingerprint density at radius 2 is 1.73 bits per heavy atom. The van der Waals surface area contributed by atoms with Crippen molar-refractivity contribution in [3.05, 3.63) is 58.1 Å². The maximum Gasteiger partial charge on any atom is 0.261 e. The molecule has 2 rings (SSSR count). The molecule has 33 heavy (non-hydrogen) atoms. The fraction of sp³-hybridized carbons (Fsp3) is 0.462. The van der Waals surface area contributed by atoms with E-state index in [-0.39, 0.29) is 31.0 Å². The molecule has 0 aliphatic rings. The molecule has 0 heterocycles. The van der Waals surface area contributed by atoms with Crippen molar-refractivity contribution in [2.45, 2.75) is 65.6 Å². The Balaban J connectivity index is 2.18. The zero-order chi connectivity index (χ0) is 24.5. The number of rotatable bonds is 11. The van der Waals surface area contributed by atoms with E-state index >= 15 is 0 Å². The summed E-state index contributed by atoms with van der Waals surface area (Å²) in [5.41, 5.74) is 2.08. The van der Waals surface area contributed by atoms with Gasteiger partial charge in [-0.3, -0.25) is 9.59 Å². The lowest BCUT2D eigenvalue weighted by atomic mass is 10.0. The van der Waals surface area contributed by atoms with Gasteiger partial charge in [-0.25, -0.2) is 0 Å². The second-order valence-electron chi connectivity index (χ2n) is 8.50. The van der Waals surface area contributed by atoms with Gasteiger partial charge >= 0.3 is 0 Å². The molecule has 0 unspecified atom stereocenters. The predicted octanol–water partition coefficient (Wildman–Crippen LogP) is 5.29. The highest BCUT2D eigenvalue weighted by Crippen LogP contribution is 2.29. The number of carbonyl (C=O) groups excluding carboxylic acids is 2. The van der Waals surface area contributed by atoms with Crippen LogP contribution in [0.25, 0.3) is 0 Å². The maximum atomic E-state index is 13.2. The lowest BCUT2D eigenvalue weighted by Gasteiger charge is -2.29. The van der Waals surface area contributed by atoms with Crippen molar-refractivity contribution in [1.82, 2.24) is 10.2 Å². The Labute approximate surface area is 205 Å². The van der Waals surface area contributed by atoms with Crippen molar-refractivity contribution in [2.75, 3.05) is 13.7 Å². The maximum absolute atomic E-state index is 13.2. The first kappa shape index (κ1) is 26.7. The van der Waals surface area contributed by atoms with E-state index in [4.69, 9.17) is 9.47 Å². The Morgan fingerprint density at radius 3 is 2.27 bits per heavy atom. The average Bonchev–Trinajstić information content (AvgIpc) is 2.81. The third kappa shape index (κ3) is 7.77. The van der Waals surface area contributed by atoms with Gasteiger partial charge in [0.15, 0.2) is 6.61 Å². The monoisotopic (exact) mass is 518 g/mol. The largest absolute Gasteiger partial charge is 0.497 e. The van der Waals surface area contributed by atoms with Gasteiger partial charge in [-0.15, -0.1) is 0 Å². The van der Waals surface area contributed by atoms with Gasteiger partial charge in [0, 0.05) is 12.6 Å². The van der Waals surface area contributed by atoms with E-state index in [1.54, 1.807) is 18.9 Å². The lowest BCUT2D eigenvalue weighted by Crippen LogP contribution is -2.50. The topological polar surface area (TPSA) is 67.9 Å². The van der Waals surface area contributed by atoms with Crippen LogP contribution >= 0.6 is 15.9 Å². The molecule has 0 saturated heterocycles. The summed E-state index contributed by atoms with van der Waals surface area (Å²) in [5, 5.41) is 2.97. The molecule has 0 aliphatic heterocycles. The van der Waals surface area contributed by atoms with Crippen LogP contribution in [0.3, 0.4) is 0 Å². The zero-order valence-corrected chi connectivity index (χ0v) is 21.9. The van der Waals surface area contributed by atoms with Crippen molar-refractivity contribution >= 4 is 27.7 Å². The van der Waals surface area contributed by atoms with Crippen LogP contribution in [0.1, 0.15) is 58.1 Å². The molecule has 0 aromatic heterocycles. The molecular formula is C26H35BrN2O4. The van der Waals surface area contributed by atoms with E-state index in [2.05, 4.69) is 35.1 Å². The van der Waals surface area contributed by atoms with Gasteiger partial charge in [-0.2, -0.15) is 0 Å². The SMILES string of the molecule is CC[C@H](C)NC(=O)[C@@H](C)N(Cc1ccc(OC)cc1)C(=O)COc1ccc(C(C)C)cc1Br. The number of halogens is 1. The number of nitrogens with one attached hydrogen (secondary N) is 1. The van der Waals surface area contributed by atoms with E-state index in [0.29, 0.717) is 11.7 Å². The van der Waals surface area contributed by atoms with Crippen LogP contribution in [0.15, 0.2) is 46.9 Å². The molecular weight excluding hydrogens is 484 g/mol. The van der Waals surface area contributed by atoms with Crippen LogP contribution < -0.4 is 14.8 Å². The smallest absolute Gasteiger partial charge is 0.261 e. The normalized spacial score (nSPS) is 12.7. The molecule has 2 aromatic rings. The predicted molar refractivity (Wildman–Crippen MR) is 135 cm³/mol. The van der Waals surface area contributed by atoms with E-state index in [1.807, 2.05) is 56.3 Å². The second-order valence-corrected chi connectivity index (χ2v) is 9.35. The standard InChI is InChI=1S/C26H35BrN2O4/c1-7-18(4)28-26(31)19(5)29(15-20-8-11-22(32-6)12-9-20)25(30)16-33-24-13-10-21(17(2)3)14-23(24)27/h8-14,17-19H,7,15-16H2,1-6H3,(H,28,31)/t18-,19+/m0/s1. The van der Waals surface area contributed by atoms with Gasteiger partial charge in [0.25, 0.3) is 5.91 Å². The lowest BCUT2D eigenvalue weighted by molar-refractivity contribution is -0.142. The van der Waals surface area contributed by atoms with Gasteiger partial charge in [0.1, 0.15) is 17.5 Å². The van der Waals surface area contributed by atoms with Crippen molar-refractivity contribution in [1.29, 1.82) is 0 Å². The molecule has 0 bridgehead atoms. The van der Waals surface area contributed by atoms with E-state index in [0.717, 1.165) is 22.2 Å². The molecule has 180 valence electrons. The summed E-state index contributed by atoms with van der Waals surface area (Å²) in [7, 11) is 1.61. The number of ether oxygens (including phenoxy) is 2. The van der Waals surface area contributed by atoms with Crippen LogP contribution in [-0.2, 0) is 16.1 Å². The third-order valence-electron chi connectivity index (χ3n) is 5.65. The Kier molecular flexibility index (Phi) is 10.2. The number of nitrogens with zero attached hydrogens (tertiary/aromatic N) is 1. The highest BCUT2D eigenvalue weighted by atomic mass is 79.9. The third-order valence-corrected chi connectivity index (χ3v) is 6.27. The summed E-state index contributed by atoms with van der Waals surface area (Å²) in [5.74, 6) is 1.26. The second kappa shape index (κ2) is 12.6. The number of hydrogen-bond acceptors (Lipinski definition) is 4. The van der Waals surface area contributed by atoms with Gasteiger partial charge in [0.2, 0.25) is 5.91 Å². The summed E-state index contributed by atoms with van der Waals surface area (Å²) >= 11 is 3.53. The van der Waals surface area contributed by atoms with E-state index in [9.17, 15) is 9.59 Å². The summed E-state index contributed by atoms with van der Waals surface area (Å²) in [6.07, 6.45) is 0.814. The summed E-state index contributed by atoms with van der Waals surface area (Å²) in [4.78, 5) is 27.6. The van der Waals surface area contributed by atoms with E-state index in [1.165, 1.54) is 5.56 Å². The molecule has 6 nitrogen and oxygen atoms in total. The number of hydrogen-bond donors (Lipinski definition) is 1. The average molecular weight is 519 g/mol. The Morgan fingerprint density at radius 1 is 1.06 bits per heavy atom. The molecule has 0 radical (unpaired) electrons. The molecule has 0 aliphatic carbocycles. The quantitative estimate of drug-likeness (QED) is 0.438. The number of methoxy groups -OCH3 is 1. The number of carbonyl (C=O) groups is 2. The molecule has 1 N–H and O–H groups in total. The fourth-order valence-electron chi connectivity index (χ4n) is 3.19. The molecule has 2 amide bonds. The van der Waals surface area contributed by atoms with Gasteiger partial charge in [-0.05, 0) is 77.5 Å². The molecule has 2 atom stereocenters. The molecule has 2 aromatic carbocycles. The molecule has 0 fully saturated rings. The molecule has 0 saturated carbocycles. The Bertz CT molecular complexity index is 930. The first-order valence-corrected chi connectivity index (χ1v) is 12.1. The summed E-state index contributed by atoms with van der Waals surface area (Å²) in [6.45, 7) is 10.1. The van der Waals surface area contributed by atoms with Crippen LogP contribution in [0, 0.1) is 0 Å². The van der Waals surface area contributed by atoms with Crippen molar-refractivity contribution in [3.63, 3.8) is 0 Å². The van der Waals surface area contributed by atoms with Crippen LogP contribution in [0.4, 0.5) is 0 Å². The van der Waals surface area contributed by atoms with Crippen LogP contribution in [0.5, 0.6) is 11.5 Å². The van der Waals surface area contributed by atoms with E-state index < -0.39 is 6.04 Å². The molecule has 7 heteroatoms. The first-order chi connectivity index (χ1) is 15.7. The van der Waals surface area contributed by atoms with Crippen LogP contribution in [0.2, 0.25) is 0 Å². The van der Waals surface area contributed by atoms with Crippen molar-refractivity contribution in [2.24, 2.45) is 0 Å². The van der Waals surface area contributed by atoms with Gasteiger partial charge in [0.05, 0.1) is 11.6 Å². The van der Waals surface area contributed by atoms with Crippen molar-refractivity contribution in [3.8, 4) is 11.5 Å². The summed E-state index contributed by atoms with van der Waals surface area (Å²) < 4.78 is 11.8. The summed E-state index contributed by atoms with van der Waals surface area (Å²) in [6, 6.07) is 12.7. The molecule has 0 spiro atoms. The highest BCUT2D eigenvalue weighted by molar-refractivity contribution is 9.10. The minimum absolute atomic E-state index is 0.0320. The minimum Gasteiger partial charge on any atom is -0.497 e. The first-order valence-electron chi connectivity index (χ1n) is 11.3.